The molecule has 6 heteroatoms. The SMILES string of the molecule is O=C(O)C1C=Nc2ncncc2O1. The number of carboxylic acid groups (broad SMARTS) is 1. The molecule has 0 aromatic carbocycles. The van der Waals surface area contributed by atoms with Crippen molar-refractivity contribution in [3.63, 3.8) is 0 Å². The van der Waals surface area contributed by atoms with Crippen LogP contribution >= 0.6 is 0 Å². The van der Waals surface area contributed by atoms with Crippen LogP contribution < -0.4 is 4.74 Å². The Bertz CT molecular complexity index is 377. The van der Waals surface area contributed by atoms with E-state index in [1.54, 1.807) is 0 Å². The quantitative estimate of drug-likeness (QED) is 0.657. The van der Waals surface area contributed by atoms with Crippen LogP contribution in [0.2, 0.25) is 0 Å². The minimum absolute atomic E-state index is 0.289. The highest BCUT2D eigenvalue weighted by Crippen LogP contribution is 2.26. The maximum absolute atomic E-state index is 10.5. The summed E-state index contributed by atoms with van der Waals surface area (Å²) >= 11 is 0. The number of carboxylic acids is 1. The first kappa shape index (κ1) is 7.66. The summed E-state index contributed by atoms with van der Waals surface area (Å²) in [7, 11) is 0. The van der Waals surface area contributed by atoms with E-state index >= 15 is 0 Å². The Morgan fingerprint density at radius 3 is 3.23 bits per heavy atom. The fourth-order valence-electron chi connectivity index (χ4n) is 0.910. The van der Waals surface area contributed by atoms with Gasteiger partial charge in [0.1, 0.15) is 6.33 Å². The van der Waals surface area contributed by atoms with E-state index in [2.05, 4.69) is 15.0 Å². The molecule has 1 N–H and O–H groups in total. The first-order valence-electron chi connectivity index (χ1n) is 3.51. The summed E-state index contributed by atoms with van der Waals surface area (Å²) in [4.78, 5) is 21.8. The highest BCUT2D eigenvalue weighted by atomic mass is 16.5. The van der Waals surface area contributed by atoms with Crippen LogP contribution in [-0.2, 0) is 4.79 Å². The molecule has 1 aliphatic heterocycles. The molecule has 6 nitrogen and oxygen atoms in total. The largest absolute Gasteiger partial charge is 0.478 e. The smallest absolute Gasteiger partial charge is 0.350 e. The molecular formula is C7H5N3O3. The fourth-order valence-corrected chi connectivity index (χ4v) is 0.910. The second kappa shape index (κ2) is 2.81. The lowest BCUT2D eigenvalue weighted by atomic mass is 10.3. The molecule has 0 fully saturated rings. The summed E-state index contributed by atoms with van der Waals surface area (Å²) in [6.07, 6.45) is 2.85. The van der Waals surface area contributed by atoms with Crippen molar-refractivity contribution in [3.8, 4) is 5.75 Å². The van der Waals surface area contributed by atoms with E-state index < -0.39 is 12.1 Å². The Hall–Kier alpha value is -1.98. The van der Waals surface area contributed by atoms with Gasteiger partial charge in [0.15, 0.2) is 11.6 Å². The summed E-state index contributed by atoms with van der Waals surface area (Å²) in [5.74, 6) is -0.442. The van der Waals surface area contributed by atoms with E-state index in [4.69, 9.17) is 9.84 Å². The lowest BCUT2D eigenvalue weighted by molar-refractivity contribution is -0.141. The van der Waals surface area contributed by atoms with Crippen LogP contribution in [0.15, 0.2) is 17.5 Å². The summed E-state index contributed by atoms with van der Waals surface area (Å²) < 4.78 is 5.02. The highest BCUT2D eigenvalue weighted by molar-refractivity contribution is 5.94. The first-order valence-corrected chi connectivity index (χ1v) is 3.51. The maximum Gasteiger partial charge on any atom is 0.350 e. The third kappa shape index (κ3) is 1.33. The van der Waals surface area contributed by atoms with Gasteiger partial charge in [-0.1, -0.05) is 0 Å². The zero-order chi connectivity index (χ0) is 9.26. The van der Waals surface area contributed by atoms with Gasteiger partial charge >= 0.3 is 5.97 Å². The van der Waals surface area contributed by atoms with E-state index in [1.807, 2.05) is 0 Å². The second-order valence-corrected chi connectivity index (χ2v) is 2.37. The van der Waals surface area contributed by atoms with E-state index in [0.717, 1.165) is 0 Å². The topological polar surface area (TPSA) is 84.7 Å². The zero-order valence-electron chi connectivity index (χ0n) is 6.41. The predicted octanol–water partition coefficient (Wildman–Crippen LogP) is 0.0245. The van der Waals surface area contributed by atoms with Crippen molar-refractivity contribution in [1.82, 2.24) is 9.97 Å². The number of aromatic nitrogens is 2. The molecule has 0 spiro atoms. The van der Waals surface area contributed by atoms with Crippen LogP contribution in [0.25, 0.3) is 0 Å². The average Bonchev–Trinajstić information content (AvgIpc) is 2.17. The molecule has 13 heavy (non-hydrogen) atoms. The minimum atomic E-state index is -1.08. The number of carbonyl (C=O) groups is 1. The Labute approximate surface area is 72.9 Å². The molecule has 2 rings (SSSR count). The van der Waals surface area contributed by atoms with Crippen LogP contribution in [0.1, 0.15) is 0 Å². The minimum Gasteiger partial charge on any atom is -0.478 e. The van der Waals surface area contributed by atoms with Crippen molar-refractivity contribution in [1.29, 1.82) is 0 Å². The number of aliphatic carboxylic acids is 1. The number of fused-ring (bicyclic) bond motifs is 1. The maximum atomic E-state index is 10.5. The summed E-state index contributed by atoms with van der Waals surface area (Å²) in [6.45, 7) is 0. The van der Waals surface area contributed by atoms with Crippen LogP contribution in [-0.4, -0.2) is 33.4 Å². The van der Waals surface area contributed by atoms with Crippen LogP contribution in [0.4, 0.5) is 5.82 Å². The van der Waals surface area contributed by atoms with Crippen molar-refractivity contribution in [2.24, 2.45) is 4.99 Å². The molecule has 1 aromatic heterocycles. The van der Waals surface area contributed by atoms with Crippen LogP contribution in [0, 0.1) is 0 Å². The molecule has 1 unspecified atom stereocenters. The summed E-state index contributed by atoms with van der Waals surface area (Å²) in [5, 5.41) is 8.61. The molecule has 2 heterocycles. The van der Waals surface area contributed by atoms with Gasteiger partial charge in [-0.2, -0.15) is 0 Å². The van der Waals surface area contributed by atoms with Crippen molar-refractivity contribution in [2.45, 2.75) is 6.10 Å². The molecule has 1 aliphatic rings. The molecule has 0 saturated heterocycles. The molecular weight excluding hydrogens is 174 g/mol. The Morgan fingerprint density at radius 2 is 2.46 bits per heavy atom. The molecule has 0 radical (unpaired) electrons. The number of aliphatic imine (C=N–C) groups is 1. The number of nitrogens with zero attached hydrogens (tertiary/aromatic N) is 3. The van der Waals surface area contributed by atoms with E-state index in [9.17, 15) is 4.79 Å². The van der Waals surface area contributed by atoms with E-state index in [-0.39, 0.29) is 5.75 Å². The summed E-state index contributed by atoms with van der Waals surface area (Å²) in [6, 6.07) is 0. The van der Waals surface area contributed by atoms with Gasteiger partial charge in [-0.15, -0.1) is 0 Å². The third-order valence-corrected chi connectivity index (χ3v) is 1.49. The molecule has 1 atom stereocenters. The molecule has 0 amide bonds. The Kier molecular flexibility index (Phi) is 1.66. The molecule has 0 aliphatic carbocycles. The predicted molar refractivity (Wildman–Crippen MR) is 42.2 cm³/mol. The fraction of sp³-hybridized carbons (Fsp3) is 0.143. The normalized spacial score (nSPS) is 18.9. The zero-order valence-corrected chi connectivity index (χ0v) is 6.41. The standard InChI is InChI=1S/C7H5N3O3/c11-7(12)5-2-9-6-4(13-5)1-8-3-10-6/h1-3,5H,(H,11,12). The average molecular weight is 179 g/mol. The lowest BCUT2D eigenvalue weighted by Crippen LogP contribution is -2.30. The van der Waals surface area contributed by atoms with Gasteiger partial charge in [0.05, 0.1) is 12.4 Å². The van der Waals surface area contributed by atoms with Gasteiger partial charge in [-0.05, 0) is 0 Å². The van der Waals surface area contributed by atoms with Crippen molar-refractivity contribution in [3.05, 3.63) is 12.5 Å². The van der Waals surface area contributed by atoms with Gasteiger partial charge in [0.25, 0.3) is 0 Å². The van der Waals surface area contributed by atoms with Crippen molar-refractivity contribution in [2.75, 3.05) is 0 Å². The number of ether oxygens (including phenoxy) is 1. The van der Waals surface area contributed by atoms with Crippen molar-refractivity contribution >= 4 is 18.0 Å². The monoisotopic (exact) mass is 179 g/mol. The number of rotatable bonds is 1. The van der Waals surface area contributed by atoms with Gasteiger partial charge in [-0.3, -0.25) is 0 Å². The second-order valence-electron chi connectivity index (χ2n) is 2.37. The number of hydrogen-bond acceptors (Lipinski definition) is 5. The molecule has 0 bridgehead atoms. The van der Waals surface area contributed by atoms with Crippen LogP contribution in [0.5, 0.6) is 5.75 Å². The Balaban J connectivity index is 2.34. The molecule has 66 valence electrons. The molecule has 1 aromatic rings. The van der Waals surface area contributed by atoms with E-state index in [1.165, 1.54) is 18.7 Å². The lowest BCUT2D eigenvalue weighted by Gasteiger charge is -2.15. The van der Waals surface area contributed by atoms with E-state index in [0.29, 0.717) is 5.82 Å². The highest BCUT2D eigenvalue weighted by Gasteiger charge is 2.22. The Morgan fingerprint density at radius 1 is 1.62 bits per heavy atom. The third-order valence-electron chi connectivity index (χ3n) is 1.49. The van der Waals surface area contributed by atoms with Gasteiger partial charge < -0.3 is 9.84 Å². The first-order chi connectivity index (χ1) is 6.27. The van der Waals surface area contributed by atoms with Crippen molar-refractivity contribution < 1.29 is 14.6 Å². The van der Waals surface area contributed by atoms with Gasteiger partial charge in [0, 0.05) is 0 Å². The summed E-state index contributed by atoms with van der Waals surface area (Å²) in [5.41, 5.74) is 0. The molecule has 0 saturated carbocycles. The van der Waals surface area contributed by atoms with Gasteiger partial charge in [-0.25, -0.2) is 19.8 Å². The van der Waals surface area contributed by atoms with Gasteiger partial charge in [0.2, 0.25) is 6.10 Å². The number of hydrogen-bond donors (Lipinski definition) is 1. The van der Waals surface area contributed by atoms with Crippen LogP contribution in [0.3, 0.4) is 0 Å².